The number of hydrogen-bond acceptors (Lipinski definition) is 8. The number of carbonyl (C=O) groups is 2. The van der Waals surface area contributed by atoms with Crippen LogP contribution in [0.4, 0.5) is 0 Å². The van der Waals surface area contributed by atoms with Crippen molar-refractivity contribution in [1.29, 1.82) is 0 Å². The van der Waals surface area contributed by atoms with Crippen molar-refractivity contribution in [3.8, 4) is 0 Å². The standard InChI is InChI=1S/C48H78NO9P/c1-6-8-10-12-14-16-18-20-22-24-25-27-29-31-33-35-37-45(50)39-40-47(51)55-43-46(44-57-59(53,54)56-42-41-49(3,4)5)58-48(52)38-36-34-32-30-28-26-23-21-19-17-15-13-11-9-7-2/h8,10,14-17,20-23,25,27-28,30-31,33,35,37,45-46,50H,6-7,9,11-13,18-19,24,26,29,32,34,36,38-44H2,1-5H3/p+1/b10-8-,16-14-,17-15-,22-20-,23-21-,27-25-,30-28-,33-31-,37-35-/t45?,46-/m1/s1. The number of allylic oxidation sites excluding steroid dienone is 17. The summed E-state index contributed by atoms with van der Waals surface area (Å²) in [5, 5.41) is 10.3. The van der Waals surface area contributed by atoms with Crippen molar-refractivity contribution in [2.45, 2.75) is 135 Å². The zero-order valence-electron chi connectivity index (χ0n) is 37.0. The van der Waals surface area contributed by atoms with Crippen molar-refractivity contribution in [2.24, 2.45) is 0 Å². The van der Waals surface area contributed by atoms with E-state index in [0.29, 0.717) is 17.4 Å². The van der Waals surface area contributed by atoms with Gasteiger partial charge in [-0.15, -0.1) is 0 Å². The number of likely N-dealkylation sites (N-methyl/N-ethyl adjacent to an activating group) is 1. The number of phosphoric ester groups is 1. The Balaban J connectivity index is 4.69. The van der Waals surface area contributed by atoms with Gasteiger partial charge in [-0.25, -0.2) is 4.57 Å². The third kappa shape index (κ3) is 42.6. The van der Waals surface area contributed by atoms with Crippen molar-refractivity contribution >= 4 is 19.8 Å². The van der Waals surface area contributed by atoms with Crippen LogP contribution in [-0.4, -0.2) is 86.1 Å². The molecule has 10 nitrogen and oxygen atoms in total. The van der Waals surface area contributed by atoms with Crippen LogP contribution in [0, 0.1) is 0 Å². The van der Waals surface area contributed by atoms with Gasteiger partial charge in [-0.3, -0.25) is 18.6 Å². The molecule has 0 aromatic rings. The minimum atomic E-state index is -4.45. The minimum Gasteiger partial charge on any atom is -0.462 e. The molecule has 334 valence electrons. The molecule has 0 saturated heterocycles. The summed E-state index contributed by atoms with van der Waals surface area (Å²) in [6.07, 6.45) is 49.1. The first-order chi connectivity index (χ1) is 28.4. The summed E-state index contributed by atoms with van der Waals surface area (Å²) in [5.74, 6) is -1.14. The number of quaternary nitrogens is 1. The van der Waals surface area contributed by atoms with Crippen LogP contribution in [0.2, 0.25) is 0 Å². The van der Waals surface area contributed by atoms with Crippen LogP contribution in [0.5, 0.6) is 0 Å². The molecule has 0 aliphatic carbocycles. The summed E-state index contributed by atoms with van der Waals surface area (Å²) >= 11 is 0. The van der Waals surface area contributed by atoms with Crippen LogP contribution in [0.3, 0.4) is 0 Å². The molecule has 0 aromatic carbocycles. The number of unbranched alkanes of at least 4 members (excludes halogenated alkanes) is 5. The van der Waals surface area contributed by atoms with Crippen LogP contribution in [0.25, 0.3) is 0 Å². The van der Waals surface area contributed by atoms with E-state index in [1.807, 2.05) is 33.3 Å². The lowest BCUT2D eigenvalue weighted by Gasteiger charge is -2.24. The molecular weight excluding hydrogens is 765 g/mol. The van der Waals surface area contributed by atoms with Gasteiger partial charge in [-0.1, -0.05) is 136 Å². The molecule has 0 bridgehead atoms. The van der Waals surface area contributed by atoms with E-state index in [9.17, 15) is 24.2 Å². The van der Waals surface area contributed by atoms with Crippen LogP contribution in [0.15, 0.2) is 109 Å². The van der Waals surface area contributed by atoms with Gasteiger partial charge in [0.2, 0.25) is 0 Å². The highest BCUT2D eigenvalue weighted by molar-refractivity contribution is 7.47. The predicted octanol–water partition coefficient (Wildman–Crippen LogP) is 11.3. The summed E-state index contributed by atoms with van der Waals surface area (Å²) < 4.78 is 34.0. The molecule has 0 spiro atoms. The van der Waals surface area contributed by atoms with Crippen molar-refractivity contribution in [1.82, 2.24) is 0 Å². The van der Waals surface area contributed by atoms with Crippen LogP contribution >= 0.6 is 7.82 Å². The molecule has 59 heavy (non-hydrogen) atoms. The first-order valence-corrected chi connectivity index (χ1v) is 23.2. The average Bonchev–Trinajstić information content (AvgIpc) is 3.18. The third-order valence-electron chi connectivity index (χ3n) is 8.40. The van der Waals surface area contributed by atoms with E-state index in [-0.39, 0.29) is 32.5 Å². The second-order valence-corrected chi connectivity index (χ2v) is 16.6. The molecule has 11 heteroatoms. The Hall–Kier alpha value is -3.37. The largest absolute Gasteiger partial charge is 0.472 e. The Morgan fingerprint density at radius 3 is 1.69 bits per heavy atom. The van der Waals surface area contributed by atoms with Gasteiger partial charge < -0.3 is 24.0 Å². The predicted molar refractivity (Wildman–Crippen MR) is 244 cm³/mol. The van der Waals surface area contributed by atoms with Gasteiger partial charge in [0.1, 0.15) is 19.8 Å². The van der Waals surface area contributed by atoms with Crippen molar-refractivity contribution in [3.05, 3.63) is 109 Å². The lowest BCUT2D eigenvalue weighted by atomic mass is 10.1. The molecule has 0 aliphatic heterocycles. The Labute approximate surface area is 358 Å². The fourth-order valence-electron chi connectivity index (χ4n) is 4.95. The maximum atomic E-state index is 12.7. The number of hydrogen-bond donors (Lipinski definition) is 2. The molecule has 0 saturated carbocycles. The highest BCUT2D eigenvalue weighted by Gasteiger charge is 2.27. The topological polar surface area (TPSA) is 129 Å². The van der Waals surface area contributed by atoms with E-state index in [0.717, 1.165) is 64.2 Å². The Morgan fingerprint density at radius 2 is 1.15 bits per heavy atom. The number of phosphoric acid groups is 1. The molecule has 0 aromatic heterocycles. The molecule has 2 unspecified atom stereocenters. The number of rotatable bonds is 37. The highest BCUT2D eigenvalue weighted by Crippen LogP contribution is 2.43. The Bertz CT molecular complexity index is 1380. The van der Waals surface area contributed by atoms with Crippen molar-refractivity contribution < 1.29 is 47.2 Å². The summed E-state index contributed by atoms with van der Waals surface area (Å²) in [6, 6.07) is 0. The summed E-state index contributed by atoms with van der Waals surface area (Å²) in [7, 11) is 1.31. The molecule has 0 rings (SSSR count). The zero-order chi connectivity index (χ0) is 43.7. The number of ether oxygens (including phenoxy) is 2. The lowest BCUT2D eigenvalue weighted by Crippen LogP contribution is -2.37. The number of esters is 2. The highest BCUT2D eigenvalue weighted by atomic mass is 31.2. The monoisotopic (exact) mass is 845 g/mol. The van der Waals surface area contributed by atoms with E-state index in [2.05, 4.69) is 98.9 Å². The first kappa shape index (κ1) is 55.6. The zero-order valence-corrected chi connectivity index (χ0v) is 37.9. The molecule has 3 atom stereocenters. The number of nitrogens with zero attached hydrogens (tertiary/aromatic N) is 1. The quantitative estimate of drug-likeness (QED) is 0.0157. The minimum absolute atomic E-state index is 0.0180. The fourth-order valence-corrected chi connectivity index (χ4v) is 5.69. The first-order valence-electron chi connectivity index (χ1n) is 21.7. The van der Waals surface area contributed by atoms with E-state index >= 15 is 0 Å². The summed E-state index contributed by atoms with van der Waals surface area (Å²) in [5.41, 5.74) is 0. The van der Waals surface area contributed by atoms with Gasteiger partial charge in [-0.05, 0) is 83.5 Å². The Kier molecular flexibility index (Phi) is 36.6. The van der Waals surface area contributed by atoms with Crippen LogP contribution in [-0.2, 0) is 32.7 Å². The van der Waals surface area contributed by atoms with Crippen molar-refractivity contribution in [2.75, 3.05) is 47.5 Å². The molecule has 0 amide bonds. The number of carbonyl (C=O) groups excluding carboxylic acids is 2. The summed E-state index contributed by atoms with van der Waals surface area (Å²) in [6.45, 7) is 3.92. The second kappa shape index (κ2) is 38.8. The maximum absolute atomic E-state index is 12.7. The molecule has 2 N–H and O–H groups in total. The normalized spacial score (nSPS) is 15.2. The van der Waals surface area contributed by atoms with Crippen LogP contribution in [0.1, 0.15) is 123 Å². The van der Waals surface area contributed by atoms with Crippen molar-refractivity contribution in [3.63, 3.8) is 0 Å². The molecule has 0 radical (unpaired) electrons. The fraction of sp³-hybridized carbons (Fsp3) is 0.583. The van der Waals surface area contributed by atoms with Gasteiger partial charge in [0.05, 0.1) is 33.9 Å². The van der Waals surface area contributed by atoms with Crippen LogP contribution < -0.4 is 0 Å². The summed E-state index contributed by atoms with van der Waals surface area (Å²) in [4.78, 5) is 35.4. The van der Waals surface area contributed by atoms with E-state index in [1.165, 1.54) is 19.3 Å². The second-order valence-electron chi connectivity index (χ2n) is 15.2. The average molecular weight is 845 g/mol. The molecule has 0 aliphatic rings. The number of aliphatic hydroxyl groups is 1. The third-order valence-corrected chi connectivity index (χ3v) is 9.39. The van der Waals surface area contributed by atoms with Gasteiger partial charge in [0.25, 0.3) is 0 Å². The Morgan fingerprint density at radius 1 is 0.627 bits per heavy atom. The SMILES string of the molecule is CC/C=C\C/C=C\C/C=C\C/C=C\C/C=C\C=C/C(O)CCC(=O)OC[C@H](COP(=O)(O)OCC[N+](C)(C)C)OC(=O)CCCC/C=C\C/C=C\C/C=C\CCCCC. The maximum Gasteiger partial charge on any atom is 0.472 e. The molecular formula is C48H79NO9P+. The molecule has 0 heterocycles. The van der Waals surface area contributed by atoms with Gasteiger partial charge in [0.15, 0.2) is 6.10 Å². The van der Waals surface area contributed by atoms with E-state index < -0.39 is 38.6 Å². The lowest BCUT2D eigenvalue weighted by molar-refractivity contribution is -0.870. The van der Waals surface area contributed by atoms with E-state index in [4.69, 9.17) is 18.5 Å². The van der Waals surface area contributed by atoms with Gasteiger partial charge >= 0.3 is 19.8 Å². The van der Waals surface area contributed by atoms with Gasteiger partial charge in [0, 0.05) is 12.8 Å². The van der Waals surface area contributed by atoms with Gasteiger partial charge in [-0.2, -0.15) is 0 Å². The number of aliphatic hydroxyl groups excluding tert-OH is 1. The smallest absolute Gasteiger partial charge is 0.462 e. The van der Waals surface area contributed by atoms with E-state index in [1.54, 1.807) is 12.2 Å². The molecule has 0 fully saturated rings.